The number of anilines is 1. The first-order valence-electron chi connectivity index (χ1n) is 5.43. The summed E-state index contributed by atoms with van der Waals surface area (Å²) in [4.78, 5) is 10.3. The Labute approximate surface area is 110 Å². The second-order valence-corrected chi connectivity index (χ2v) is 5.89. The first kappa shape index (κ1) is 15.5. The Balaban J connectivity index is 3.12. The molecule has 0 radical (unpaired) electrons. The third kappa shape index (κ3) is 3.72. The minimum absolute atomic E-state index is 0.130. The summed E-state index contributed by atoms with van der Waals surface area (Å²) in [5, 5.41) is 11.1. The highest BCUT2D eigenvalue weighted by Crippen LogP contribution is 2.21. The molecule has 8 heteroatoms. The fourth-order valence-corrected chi connectivity index (χ4v) is 2.62. The van der Waals surface area contributed by atoms with E-state index in [4.69, 9.17) is 5.11 Å². The molecule has 0 saturated carbocycles. The molecule has 1 aromatic carbocycles. The van der Waals surface area contributed by atoms with Gasteiger partial charge in [0.1, 0.15) is 10.7 Å². The van der Waals surface area contributed by atoms with E-state index in [9.17, 15) is 17.6 Å². The van der Waals surface area contributed by atoms with Crippen molar-refractivity contribution >= 4 is 21.6 Å². The zero-order valence-corrected chi connectivity index (χ0v) is 11.4. The Morgan fingerprint density at radius 1 is 1.47 bits per heavy atom. The van der Waals surface area contributed by atoms with Crippen LogP contribution >= 0.6 is 0 Å². The van der Waals surface area contributed by atoms with E-state index in [1.807, 2.05) is 0 Å². The molecule has 0 aliphatic rings. The molecule has 1 amide bonds. The van der Waals surface area contributed by atoms with E-state index < -0.39 is 20.7 Å². The zero-order chi connectivity index (χ0) is 14.6. The van der Waals surface area contributed by atoms with Crippen LogP contribution in [0, 0.1) is 5.82 Å². The molecule has 1 rings (SSSR count). The van der Waals surface area contributed by atoms with Crippen molar-refractivity contribution in [1.29, 1.82) is 0 Å². The predicted octanol–water partition coefficient (Wildman–Crippen LogP) is 0.397. The number of rotatable bonds is 5. The van der Waals surface area contributed by atoms with Crippen LogP contribution in [0.2, 0.25) is 0 Å². The summed E-state index contributed by atoms with van der Waals surface area (Å²) in [5.41, 5.74) is 0.175. The van der Waals surface area contributed by atoms with E-state index in [2.05, 4.69) is 5.32 Å². The third-order valence-corrected chi connectivity index (χ3v) is 4.25. The van der Waals surface area contributed by atoms with Crippen LogP contribution in [0.3, 0.4) is 0 Å². The highest BCUT2D eigenvalue weighted by molar-refractivity contribution is 7.89. The molecule has 0 aliphatic heterocycles. The number of hydrogen-bond donors (Lipinski definition) is 2. The maximum absolute atomic E-state index is 13.8. The van der Waals surface area contributed by atoms with Crippen molar-refractivity contribution in [3.63, 3.8) is 0 Å². The summed E-state index contributed by atoms with van der Waals surface area (Å²) in [6.45, 7) is 0.772. The molecule has 19 heavy (non-hydrogen) atoms. The van der Waals surface area contributed by atoms with E-state index in [0.29, 0.717) is 0 Å². The van der Waals surface area contributed by atoms with Gasteiger partial charge in [-0.1, -0.05) is 0 Å². The average molecular weight is 290 g/mol. The number of carbonyl (C=O) groups excluding carboxylic acids is 1. The number of nitrogens with one attached hydrogen (secondary N) is 1. The van der Waals surface area contributed by atoms with Gasteiger partial charge in [0, 0.05) is 26.2 Å². The largest absolute Gasteiger partial charge is 0.395 e. The molecule has 0 atom stereocenters. The molecule has 0 aromatic heterocycles. The van der Waals surface area contributed by atoms with Gasteiger partial charge < -0.3 is 10.4 Å². The fourth-order valence-electron chi connectivity index (χ4n) is 1.42. The van der Waals surface area contributed by atoms with Crippen LogP contribution in [0.1, 0.15) is 6.92 Å². The summed E-state index contributed by atoms with van der Waals surface area (Å²) in [7, 11) is -2.75. The predicted molar refractivity (Wildman–Crippen MR) is 67.6 cm³/mol. The average Bonchev–Trinajstić information content (AvgIpc) is 2.28. The lowest BCUT2D eigenvalue weighted by Crippen LogP contribution is -2.30. The molecular weight excluding hydrogens is 275 g/mol. The van der Waals surface area contributed by atoms with Gasteiger partial charge in [0.15, 0.2) is 0 Å². The van der Waals surface area contributed by atoms with E-state index in [1.165, 1.54) is 20.0 Å². The van der Waals surface area contributed by atoms with Crippen molar-refractivity contribution in [3.8, 4) is 0 Å². The molecule has 6 nitrogen and oxygen atoms in total. The number of hydrogen-bond acceptors (Lipinski definition) is 4. The third-order valence-electron chi connectivity index (χ3n) is 2.36. The monoisotopic (exact) mass is 290 g/mol. The lowest BCUT2D eigenvalue weighted by Gasteiger charge is -2.16. The van der Waals surface area contributed by atoms with Crippen molar-refractivity contribution in [3.05, 3.63) is 24.0 Å². The van der Waals surface area contributed by atoms with E-state index >= 15 is 0 Å². The van der Waals surface area contributed by atoms with E-state index in [0.717, 1.165) is 16.4 Å². The number of nitrogens with zero attached hydrogens (tertiary/aromatic N) is 1. The molecule has 0 unspecified atom stereocenters. The summed E-state index contributed by atoms with van der Waals surface area (Å²) >= 11 is 0. The standard InChI is InChI=1S/C11H15FN2O4S/c1-8(16)13-9-3-4-11(10(12)7-9)19(17,18)14(2)5-6-15/h3-4,7,15H,5-6H2,1-2H3,(H,13,16). The SMILES string of the molecule is CC(=O)Nc1ccc(S(=O)(=O)N(C)CCO)c(F)c1. The Hall–Kier alpha value is -1.51. The molecule has 0 bridgehead atoms. The van der Waals surface area contributed by atoms with E-state index in [-0.39, 0.29) is 24.7 Å². The molecule has 106 valence electrons. The van der Waals surface area contributed by atoms with Crippen LogP contribution in [0.25, 0.3) is 0 Å². The van der Waals surface area contributed by atoms with Gasteiger partial charge in [-0.3, -0.25) is 4.79 Å². The van der Waals surface area contributed by atoms with Crippen molar-refractivity contribution in [1.82, 2.24) is 4.31 Å². The van der Waals surface area contributed by atoms with Crippen LogP contribution in [-0.4, -0.2) is 43.9 Å². The zero-order valence-electron chi connectivity index (χ0n) is 10.6. The Morgan fingerprint density at radius 2 is 2.11 bits per heavy atom. The Bertz CT molecular complexity index is 574. The number of aliphatic hydroxyl groups is 1. The Morgan fingerprint density at radius 3 is 2.58 bits per heavy atom. The maximum atomic E-state index is 13.8. The van der Waals surface area contributed by atoms with Crippen molar-refractivity contribution in [2.24, 2.45) is 0 Å². The maximum Gasteiger partial charge on any atom is 0.245 e. The van der Waals surface area contributed by atoms with Gasteiger partial charge in [-0.2, -0.15) is 4.31 Å². The van der Waals surface area contributed by atoms with Crippen molar-refractivity contribution in [2.75, 3.05) is 25.5 Å². The minimum Gasteiger partial charge on any atom is -0.395 e. The van der Waals surface area contributed by atoms with Crippen LogP contribution in [0.5, 0.6) is 0 Å². The van der Waals surface area contributed by atoms with Crippen LogP contribution in [0.4, 0.5) is 10.1 Å². The van der Waals surface area contributed by atoms with Gasteiger partial charge in [0.2, 0.25) is 15.9 Å². The van der Waals surface area contributed by atoms with Crippen LogP contribution in [0.15, 0.2) is 23.1 Å². The number of sulfonamides is 1. The molecule has 2 N–H and O–H groups in total. The molecule has 0 saturated heterocycles. The molecule has 0 aliphatic carbocycles. The first-order valence-corrected chi connectivity index (χ1v) is 6.87. The minimum atomic E-state index is -3.99. The normalized spacial score (nSPS) is 11.6. The summed E-state index contributed by atoms with van der Waals surface area (Å²) < 4.78 is 38.6. The smallest absolute Gasteiger partial charge is 0.245 e. The highest BCUT2D eigenvalue weighted by Gasteiger charge is 2.24. The quantitative estimate of drug-likeness (QED) is 0.821. The number of halogens is 1. The lowest BCUT2D eigenvalue weighted by molar-refractivity contribution is -0.114. The highest BCUT2D eigenvalue weighted by atomic mass is 32.2. The van der Waals surface area contributed by atoms with Gasteiger partial charge in [-0.05, 0) is 18.2 Å². The van der Waals surface area contributed by atoms with Crippen molar-refractivity contribution < 1.29 is 22.7 Å². The summed E-state index contributed by atoms with van der Waals surface area (Å²) in [5.74, 6) is -1.34. The Kier molecular flexibility index (Phi) is 4.98. The van der Waals surface area contributed by atoms with Gasteiger partial charge in [-0.25, -0.2) is 12.8 Å². The summed E-state index contributed by atoms with van der Waals surface area (Å²) in [6, 6.07) is 3.30. The topological polar surface area (TPSA) is 86.7 Å². The summed E-state index contributed by atoms with van der Waals surface area (Å²) in [6.07, 6.45) is 0. The molecule has 0 heterocycles. The molecule has 0 spiro atoms. The van der Waals surface area contributed by atoms with Crippen LogP contribution < -0.4 is 5.32 Å². The van der Waals surface area contributed by atoms with Gasteiger partial charge >= 0.3 is 0 Å². The van der Waals surface area contributed by atoms with Gasteiger partial charge in [0.05, 0.1) is 6.61 Å². The molecule has 1 aromatic rings. The van der Waals surface area contributed by atoms with Crippen molar-refractivity contribution in [2.45, 2.75) is 11.8 Å². The second kappa shape index (κ2) is 6.09. The number of likely N-dealkylation sites (N-methyl/N-ethyl adjacent to an activating group) is 1. The van der Waals surface area contributed by atoms with E-state index in [1.54, 1.807) is 0 Å². The van der Waals surface area contributed by atoms with Gasteiger partial charge in [0.25, 0.3) is 0 Å². The number of amides is 1. The molecular formula is C11H15FN2O4S. The van der Waals surface area contributed by atoms with Crippen LogP contribution in [-0.2, 0) is 14.8 Å². The number of benzene rings is 1. The van der Waals surface area contributed by atoms with Gasteiger partial charge in [-0.15, -0.1) is 0 Å². The fraction of sp³-hybridized carbons (Fsp3) is 0.364. The second-order valence-electron chi connectivity index (χ2n) is 3.88. The first-order chi connectivity index (χ1) is 8.78. The number of carbonyl (C=O) groups is 1. The lowest BCUT2D eigenvalue weighted by atomic mass is 10.3. The molecule has 0 fully saturated rings. The number of aliphatic hydroxyl groups excluding tert-OH is 1.